The van der Waals surface area contributed by atoms with E-state index in [-0.39, 0.29) is 6.09 Å². The number of nitrogens with zero attached hydrogens (tertiary/aromatic N) is 3. The number of carbonyl (C=O) groups is 1. The van der Waals surface area contributed by atoms with Crippen molar-refractivity contribution in [2.45, 2.75) is 52.1 Å². The summed E-state index contributed by atoms with van der Waals surface area (Å²) in [4.78, 5) is 21.2. The van der Waals surface area contributed by atoms with Crippen LogP contribution in [0.4, 0.5) is 10.6 Å². The van der Waals surface area contributed by atoms with E-state index < -0.39 is 5.60 Å². The van der Waals surface area contributed by atoms with Crippen molar-refractivity contribution in [2.75, 3.05) is 31.1 Å². The summed E-state index contributed by atoms with van der Waals surface area (Å²) in [6, 6.07) is 6.26. The number of piperidine rings is 1. The molecule has 5 heteroatoms. The highest BCUT2D eigenvalue weighted by Gasteiger charge is 2.24. The molecule has 1 aromatic heterocycles. The van der Waals surface area contributed by atoms with Gasteiger partial charge < -0.3 is 14.5 Å². The summed E-state index contributed by atoms with van der Waals surface area (Å²) in [5.74, 6) is 1.08. The van der Waals surface area contributed by atoms with Crippen LogP contribution in [0.5, 0.6) is 0 Å². The highest BCUT2D eigenvalue weighted by Crippen LogP contribution is 2.25. The Morgan fingerprint density at radius 1 is 1.12 bits per heavy atom. The van der Waals surface area contributed by atoms with E-state index in [1.165, 1.54) is 24.8 Å². The van der Waals surface area contributed by atoms with E-state index in [0.29, 0.717) is 13.1 Å². The second-order valence-electron chi connectivity index (χ2n) is 7.83. The molecule has 0 N–H and O–H groups in total. The molecule has 0 unspecified atom stereocenters. The first kappa shape index (κ1) is 17.8. The van der Waals surface area contributed by atoms with Gasteiger partial charge in [-0.3, -0.25) is 0 Å². The Hall–Kier alpha value is -2.04. The highest BCUT2D eigenvalue weighted by atomic mass is 16.6. The van der Waals surface area contributed by atoms with E-state index in [2.05, 4.69) is 29.2 Å². The molecular weight excluding hydrogens is 314 g/mol. The van der Waals surface area contributed by atoms with Crippen molar-refractivity contribution in [3.05, 3.63) is 30.0 Å². The van der Waals surface area contributed by atoms with Gasteiger partial charge >= 0.3 is 6.09 Å². The van der Waals surface area contributed by atoms with Gasteiger partial charge in [-0.15, -0.1) is 0 Å². The lowest BCUT2D eigenvalue weighted by atomic mass is 10.0. The molecule has 0 aromatic carbocycles. The van der Waals surface area contributed by atoms with Crippen LogP contribution < -0.4 is 4.90 Å². The lowest BCUT2D eigenvalue weighted by Crippen LogP contribution is -2.39. The van der Waals surface area contributed by atoms with Crippen LogP contribution in [0.3, 0.4) is 0 Å². The molecule has 0 spiro atoms. The minimum absolute atomic E-state index is 0.238. The summed E-state index contributed by atoms with van der Waals surface area (Å²) in [6.45, 7) is 9.14. The van der Waals surface area contributed by atoms with Crippen molar-refractivity contribution >= 4 is 17.5 Å². The first-order valence-electron chi connectivity index (χ1n) is 9.32. The van der Waals surface area contributed by atoms with Gasteiger partial charge in [0.1, 0.15) is 11.4 Å². The summed E-state index contributed by atoms with van der Waals surface area (Å²) in [5, 5.41) is 0. The van der Waals surface area contributed by atoms with Gasteiger partial charge in [0.05, 0.1) is 5.69 Å². The molecule has 1 amide bonds. The lowest BCUT2D eigenvalue weighted by Gasteiger charge is -2.30. The van der Waals surface area contributed by atoms with E-state index in [4.69, 9.17) is 9.72 Å². The summed E-state index contributed by atoms with van der Waals surface area (Å²) in [7, 11) is 0. The van der Waals surface area contributed by atoms with Gasteiger partial charge in [0.15, 0.2) is 0 Å². The molecule has 1 saturated heterocycles. The maximum absolute atomic E-state index is 12.2. The first-order chi connectivity index (χ1) is 11.9. The number of ether oxygens (including phenoxy) is 1. The van der Waals surface area contributed by atoms with Crippen LogP contribution in [0.15, 0.2) is 24.3 Å². The summed E-state index contributed by atoms with van der Waals surface area (Å²) >= 11 is 0. The smallest absolute Gasteiger partial charge is 0.410 e. The molecule has 1 fully saturated rings. The zero-order valence-corrected chi connectivity index (χ0v) is 15.6. The molecule has 5 nitrogen and oxygen atoms in total. The van der Waals surface area contributed by atoms with Crippen LogP contribution in [-0.2, 0) is 4.74 Å². The minimum Gasteiger partial charge on any atom is -0.444 e. The second kappa shape index (κ2) is 7.46. The molecule has 136 valence electrons. The molecule has 3 heterocycles. The maximum Gasteiger partial charge on any atom is 0.410 e. The van der Waals surface area contributed by atoms with Crippen LogP contribution in [0.25, 0.3) is 5.57 Å². The maximum atomic E-state index is 12.2. The van der Waals surface area contributed by atoms with E-state index in [1.54, 1.807) is 4.90 Å². The number of hydrogen-bond donors (Lipinski definition) is 0. The third-order valence-electron chi connectivity index (χ3n) is 4.60. The fourth-order valence-corrected chi connectivity index (χ4v) is 3.30. The van der Waals surface area contributed by atoms with E-state index in [1.807, 2.05) is 20.8 Å². The molecule has 0 radical (unpaired) electrons. The third kappa shape index (κ3) is 4.74. The largest absolute Gasteiger partial charge is 0.444 e. The molecule has 0 bridgehead atoms. The molecule has 0 saturated carbocycles. The van der Waals surface area contributed by atoms with Gasteiger partial charge in [0.2, 0.25) is 0 Å². The van der Waals surface area contributed by atoms with Gasteiger partial charge in [0.25, 0.3) is 0 Å². The summed E-state index contributed by atoms with van der Waals surface area (Å²) in [5.41, 5.74) is 1.80. The Labute approximate surface area is 150 Å². The van der Waals surface area contributed by atoms with Crippen molar-refractivity contribution in [2.24, 2.45) is 0 Å². The van der Waals surface area contributed by atoms with Crippen LogP contribution in [0, 0.1) is 0 Å². The van der Waals surface area contributed by atoms with Gasteiger partial charge in [0, 0.05) is 26.2 Å². The normalized spacial score (nSPS) is 18.8. The monoisotopic (exact) mass is 343 g/mol. The standard InChI is InChI=1S/C20H29N3O2/c1-20(2,3)25-19(24)23-14-10-16(11-15-23)17-8-7-9-18(21-17)22-12-5-4-6-13-22/h7-10H,4-6,11-15H2,1-3H3. The fraction of sp³-hybridized carbons (Fsp3) is 0.600. The lowest BCUT2D eigenvalue weighted by molar-refractivity contribution is 0.0270. The highest BCUT2D eigenvalue weighted by molar-refractivity contribution is 5.72. The molecule has 2 aliphatic heterocycles. The van der Waals surface area contributed by atoms with Crippen molar-refractivity contribution in [3.63, 3.8) is 0 Å². The molecular formula is C20H29N3O2. The Balaban J connectivity index is 1.66. The summed E-state index contributed by atoms with van der Waals surface area (Å²) in [6.07, 6.45) is 6.50. The van der Waals surface area contributed by atoms with Crippen molar-refractivity contribution in [1.29, 1.82) is 0 Å². The molecule has 2 aliphatic rings. The second-order valence-corrected chi connectivity index (χ2v) is 7.83. The quantitative estimate of drug-likeness (QED) is 0.811. The molecule has 0 aliphatic carbocycles. The van der Waals surface area contributed by atoms with Crippen molar-refractivity contribution < 1.29 is 9.53 Å². The minimum atomic E-state index is -0.453. The van der Waals surface area contributed by atoms with Gasteiger partial charge in [-0.2, -0.15) is 0 Å². The van der Waals surface area contributed by atoms with Crippen molar-refractivity contribution in [3.8, 4) is 0 Å². The Morgan fingerprint density at radius 2 is 1.88 bits per heavy atom. The number of hydrogen-bond acceptors (Lipinski definition) is 4. The van der Waals surface area contributed by atoms with Crippen LogP contribution >= 0.6 is 0 Å². The van der Waals surface area contributed by atoms with Crippen LogP contribution in [-0.4, -0.2) is 47.8 Å². The number of anilines is 1. The number of aromatic nitrogens is 1. The van der Waals surface area contributed by atoms with E-state index >= 15 is 0 Å². The van der Waals surface area contributed by atoms with Crippen molar-refractivity contribution in [1.82, 2.24) is 9.88 Å². The molecule has 0 atom stereocenters. The average molecular weight is 343 g/mol. The number of amides is 1. The Morgan fingerprint density at radius 3 is 2.52 bits per heavy atom. The van der Waals surface area contributed by atoms with Gasteiger partial charge in [-0.25, -0.2) is 9.78 Å². The number of carbonyl (C=O) groups excluding carboxylic acids is 1. The predicted octanol–water partition coefficient (Wildman–Crippen LogP) is 4.10. The number of rotatable bonds is 2. The van der Waals surface area contributed by atoms with Crippen LogP contribution in [0.2, 0.25) is 0 Å². The average Bonchev–Trinajstić information content (AvgIpc) is 2.61. The SMILES string of the molecule is CC(C)(C)OC(=O)N1CC=C(c2cccc(N3CCCCC3)n2)CC1. The zero-order chi connectivity index (χ0) is 17.9. The zero-order valence-electron chi connectivity index (χ0n) is 15.6. The van der Waals surface area contributed by atoms with Crippen LogP contribution in [0.1, 0.15) is 52.1 Å². The van der Waals surface area contributed by atoms with Gasteiger partial charge in [-0.05, 0) is 64.2 Å². The summed E-state index contributed by atoms with van der Waals surface area (Å²) < 4.78 is 5.45. The Kier molecular flexibility index (Phi) is 5.30. The molecule has 3 rings (SSSR count). The third-order valence-corrected chi connectivity index (χ3v) is 4.60. The fourth-order valence-electron chi connectivity index (χ4n) is 3.30. The molecule has 1 aromatic rings. The topological polar surface area (TPSA) is 45.7 Å². The number of pyridine rings is 1. The Bertz CT molecular complexity index is 643. The predicted molar refractivity (Wildman–Crippen MR) is 101 cm³/mol. The van der Waals surface area contributed by atoms with Gasteiger partial charge in [-0.1, -0.05) is 12.1 Å². The van der Waals surface area contributed by atoms with E-state index in [0.717, 1.165) is 31.0 Å². The molecule has 25 heavy (non-hydrogen) atoms. The first-order valence-corrected chi connectivity index (χ1v) is 9.32. The van der Waals surface area contributed by atoms with E-state index in [9.17, 15) is 4.79 Å².